The van der Waals surface area contributed by atoms with Crippen LogP contribution in [0.25, 0.3) is 0 Å². The van der Waals surface area contributed by atoms with Crippen molar-refractivity contribution in [1.82, 2.24) is 0 Å². The summed E-state index contributed by atoms with van der Waals surface area (Å²) in [6.45, 7) is 0. The summed E-state index contributed by atoms with van der Waals surface area (Å²) in [5.41, 5.74) is 0. The number of hydrogen-bond donors (Lipinski definition) is 0. The smallest absolute Gasteiger partial charge is 1.00 e. The van der Waals surface area contributed by atoms with Gasteiger partial charge >= 0.3 is 148 Å². The molecule has 6 heavy (non-hydrogen) atoms. The minimum Gasteiger partial charge on any atom is -2.00 e. The Morgan fingerprint density at radius 2 is 0.333 bits per heavy atom. The van der Waals surface area contributed by atoms with E-state index in [1.807, 2.05) is 0 Å². The zero-order valence-electron chi connectivity index (χ0n) is 5.41. The fourth-order valence-electron chi connectivity index (χ4n) is 0. The zero-order valence-corrected chi connectivity index (χ0v) is 15.4. The van der Waals surface area contributed by atoms with Crippen molar-refractivity contribution < 1.29 is 153 Å². The van der Waals surface area contributed by atoms with E-state index in [0.29, 0.717) is 0 Å². The normalized spacial score (nSPS) is 0. The van der Waals surface area contributed by atoms with E-state index in [1.165, 1.54) is 0 Å². The van der Waals surface area contributed by atoms with E-state index in [9.17, 15) is 0 Å². The van der Waals surface area contributed by atoms with Crippen LogP contribution in [0.15, 0.2) is 0 Å². The first kappa shape index (κ1) is 44.2. The molecule has 0 amide bonds. The second kappa shape index (κ2) is 32.5. The third-order valence-electron chi connectivity index (χ3n) is 0. The molecule has 0 aromatic heterocycles. The monoisotopic (exact) mass is 131 g/mol. The molecule has 1 nitrogen and oxygen atoms in total. The van der Waals surface area contributed by atoms with Crippen LogP contribution in [0.2, 0.25) is 0 Å². The maximum absolute atomic E-state index is 0. The molecule has 0 unspecified atom stereocenters. The first-order valence-electron chi connectivity index (χ1n) is 0. The molecular weight excluding hydrogens is 131 g/mol. The summed E-state index contributed by atoms with van der Waals surface area (Å²) >= 11 is 0. The van der Waals surface area contributed by atoms with Crippen molar-refractivity contribution in [3.05, 3.63) is 0 Å². The van der Waals surface area contributed by atoms with Gasteiger partial charge in [-0.05, 0) is 0 Å². The van der Waals surface area contributed by atoms with Crippen LogP contribution in [0.1, 0.15) is 0 Å². The van der Waals surface area contributed by atoms with Gasteiger partial charge in [-0.2, -0.15) is 0 Å². The third-order valence-corrected chi connectivity index (χ3v) is 0. The van der Waals surface area contributed by atoms with Gasteiger partial charge in [0.2, 0.25) is 0 Å². The topological polar surface area (TPSA) is 28.5 Å². The van der Waals surface area contributed by atoms with Crippen molar-refractivity contribution in [2.75, 3.05) is 0 Å². The van der Waals surface area contributed by atoms with Gasteiger partial charge < -0.3 is 5.48 Å². The molecule has 0 spiro atoms. The Balaban J connectivity index is 0. The molecule has 8 valence electrons. The second-order valence-corrected chi connectivity index (χ2v) is 0. The van der Waals surface area contributed by atoms with Gasteiger partial charge in [0.25, 0.3) is 0 Å². The van der Waals surface area contributed by atoms with Gasteiger partial charge in [-0.3, -0.25) is 0 Å². The minimum atomic E-state index is 0. The van der Waals surface area contributed by atoms with Crippen LogP contribution < -0.4 is 148 Å². The predicted molar refractivity (Wildman–Crippen MR) is 0.686 cm³/mol. The van der Waals surface area contributed by atoms with Crippen LogP contribution in [0.3, 0.4) is 0 Å². The molecule has 0 heterocycles. The molecule has 0 saturated carbocycles. The summed E-state index contributed by atoms with van der Waals surface area (Å²) in [7, 11) is 0. The summed E-state index contributed by atoms with van der Waals surface area (Å²) in [5, 5.41) is 0. The molecule has 0 rings (SSSR count). The molecule has 0 aliphatic carbocycles. The molecule has 6 heteroatoms. The average molecular weight is 131 g/mol. The van der Waals surface area contributed by atoms with Crippen LogP contribution in [0.5, 0.6) is 0 Å². The Kier molecular flexibility index (Phi) is 239. The average Bonchev–Trinajstić information content (AvgIpc) is 0. The van der Waals surface area contributed by atoms with Gasteiger partial charge in [-0.15, -0.1) is 0 Å². The molecule has 0 aromatic rings. The van der Waals surface area contributed by atoms with Crippen molar-refractivity contribution in [2.45, 2.75) is 0 Å². The van der Waals surface area contributed by atoms with Crippen LogP contribution in [0, 0.1) is 0 Å². The van der Waals surface area contributed by atoms with E-state index in [2.05, 4.69) is 0 Å². The van der Waals surface area contributed by atoms with Crippen LogP contribution in [0.4, 0.5) is 0 Å². The van der Waals surface area contributed by atoms with Crippen molar-refractivity contribution in [2.24, 2.45) is 0 Å². The molecule has 0 aromatic carbocycles. The molecule has 0 atom stereocenters. The van der Waals surface area contributed by atoms with E-state index in [1.54, 1.807) is 0 Å². The van der Waals surface area contributed by atoms with Gasteiger partial charge in [-0.25, -0.2) is 0 Å². The maximum Gasteiger partial charge on any atom is 1.00 e. The molecule has 0 radical (unpaired) electrons. The van der Waals surface area contributed by atoms with E-state index >= 15 is 0 Å². The van der Waals surface area contributed by atoms with Gasteiger partial charge in [-0.1, -0.05) is 0 Å². The molecule has 0 aliphatic heterocycles. The van der Waals surface area contributed by atoms with E-state index < -0.39 is 0 Å². The van der Waals surface area contributed by atoms with E-state index in [4.69, 9.17) is 0 Å². The van der Waals surface area contributed by atoms with Crippen LogP contribution in [-0.4, -0.2) is 0 Å². The Morgan fingerprint density at radius 1 is 0.333 bits per heavy atom. The van der Waals surface area contributed by atoms with Crippen molar-refractivity contribution in [1.29, 1.82) is 0 Å². The maximum atomic E-state index is 0. The quantitative estimate of drug-likeness (QED) is 0.292. The van der Waals surface area contributed by atoms with Crippen molar-refractivity contribution in [3.8, 4) is 0 Å². The molecular formula is Na5O+3. The fraction of sp³-hybridized carbons (Fsp3) is 0. The van der Waals surface area contributed by atoms with E-state index in [-0.39, 0.29) is 153 Å². The van der Waals surface area contributed by atoms with Gasteiger partial charge in [0.05, 0.1) is 0 Å². The minimum absolute atomic E-state index is 0. The fourth-order valence-corrected chi connectivity index (χ4v) is 0. The van der Waals surface area contributed by atoms with Crippen molar-refractivity contribution in [3.63, 3.8) is 0 Å². The molecule has 0 N–H and O–H groups in total. The Labute approximate surface area is 149 Å². The Hall–Kier alpha value is 4.96. The second-order valence-electron chi connectivity index (χ2n) is 0. The Morgan fingerprint density at radius 3 is 0.333 bits per heavy atom. The summed E-state index contributed by atoms with van der Waals surface area (Å²) in [4.78, 5) is 0. The van der Waals surface area contributed by atoms with Crippen molar-refractivity contribution >= 4 is 0 Å². The van der Waals surface area contributed by atoms with Crippen LogP contribution in [-0.2, 0) is 5.48 Å². The standard InChI is InChI=1S/5Na.O/q5*+1;-2. The molecule has 0 fully saturated rings. The Bertz CT molecular complexity index is 3.90. The molecule has 0 aliphatic rings. The summed E-state index contributed by atoms with van der Waals surface area (Å²) in [6, 6.07) is 0. The molecule has 0 saturated heterocycles. The first-order chi connectivity index (χ1) is 0. The van der Waals surface area contributed by atoms with Gasteiger partial charge in [0.15, 0.2) is 0 Å². The summed E-state index contributed by atoms with van der Waals surface area (Å²) < 4.78 is 0. The first-order valence-corrected chi connectivity index (χ1v) is 0. The third kappa shape index (κ3) is 23.1. The molecule has 0 bridgehead atoms. The van der Waals surface area contributed by atoms with Gasteiger partial charge in [0.1, 0.15) is 0 Å². The van der Waals surface area contributed by atoms with E-state index in [0.717, 1.165) is 0 Å². The zero-order chi connectivity index (χ0) is 0. The predicted octanol–water partition coefficient (Wildman–Crippen LogP) is -15.1. The number of hydrogen-bond acceptors (Lipinski definition) is 0. The number of rotatable bonds is 0. The largest absolute Gasteiger partial charge is 2.00 e. The SMILES string of the molecule is [Na+].[Na+].[Na+].[Na+].[Na+].[O-2]. The summed E-state index contributed by atoms with van der Waals surface area (Å²) in [6.07, 6.45) is 0. The van der Waals surface area contributed by atoms with Gasteiger partial charge in [0, 0.05) is 0 Å². The summed E-state index contributed by atoms with van der Waals surface area (Å²) in [5.74, 6) is 0. The van der Waals surface area contributed by atoms with Crippen LogP contribution >= 0.6 is 0 Å².